The fourth-order valence-electron chi connectivity index (χ4n) is 2.96. The minimum atomic E-state index is -0.0919. The average molecular weight is 334 g/mol. The van der Waals surface area contributed by atoms with Crippen LogP contribution in [0, 0.1) is 5.41 Å². The Kier molecular flexibility index (Phi) is 6.04. The highest BCUT2D eigenvalue weighted by Gasteiger charge is 2.58. The van der Waals surface area contributed by atoms with Crippen LogP contribution in [-0.2, 0) is 4.74 Å². The van der Waals surface area contributed by atoms with Crippen LogP contribution in [0.1, 0.15) is 34.1 Å². The molecule has 1 saturated carbocycles. The highest BCUT2D eigenvalue weighted by atomic mass is 16.5. The normalized spacial score (nSPS) is 25.7. The maximum atomic E-state index is 5.68. The highest BCUT2D eigenvalue weighted by molar-refractivity contribution is 5.80. The van der Waals surface area contributed by atoms with E-state index in [0.29, 0.717) is 19.2 Å². The monoisotopic (exact) mass is 334 g/mol. The molecule has 2 unspecified atom stereocenters. The van der Waals surface area contributed by atoms with Gasteiger partial charge in [0.05, 0.1) is 18.3 Å². The van der Waals surface area contributed by atoms with Crippen molar-refractivity contribution < 1.29 is 9.47 Å². The summed E-state index contributed by atoms with van der Waals surface area (Å²) in [6.45, 7) is 10.6. The topological polar surface area (TPSA) is 67.8 Å². The second-order valence-corrected chi connectivity index (χ2v) is 6.86. The fourth-order valence-corrected chi connectivity index (χ4v) is 2.96. The van der Waals surface area contributed by atoms with Gasteiger partial charge in [0, 0.05) is 31.3 Å². The van der Waals surface area contributed by atoms with E-state index in [1.54, 1.807) is 19.5 Å². The van der Waals surface area contributed by atoms with Crippen LogP contribution < -0.4 is 15.4 Å². The standard InChI is InChI=1S/C18H30N4O2/c1-6-20-16(21-10-11-24-14-8-7-9-19-13-14)22-15-12-18(4,23-5)17(15,2)3/h7-9,13,15H,6,10-12H2,1-5H3,(H2,20,21,22). The van der Waals surface area contributed by atoms with E-state index in [1.165, 1.54) is 0 Å². The fraction of sp³-hybridized carbons (Fsp3) is 0.667. The largest absolute Gasteiger partial charge is 0.490 e. The molecule has 1 heterocycles. The van der Waals surface area contributed by atoms with E-state index in [1.807, 2.05) is 12.1 Å². The molecule has 2 atom stereocenters. The first kappa shape index (κ1) is 18.5. The Labute approximate surface area is 145 Å². The van der Waals surface area contributed by atoms with Crippen molar-refractivity contribution in [2.45, 2.75) is 45.8 Å². The molecule has 0 aromatic carbocycles. The lowest BCUT2D eigenvalue weighted by Gasteiger charge is -2.59. The van der Waals surface area contributed by atoms with Gasteiger partial charge in [0.1, 0.15) is 12.4 Å². The number of methoxy groups -OCH3 is 1. The van der Waals surface area contributed by atoms with Crippen LogP contribution in [0.2, 0.25) is 0 Å². The van der Waals surface area contributed by atoms with Crippen molar-refractivity contribution in [2.24, 2.45) is 10.4 Å². The Morgan fingerprint density at radius 1 is 1.42 bits per heavy atom. The number of nitrogens with zero attached hydrogens (tertiary/aromatic N) is 2. The summed E-state index contributed by atoms with van der Waals surface area (Å²) in [4.78, 5) is 8.62. The van der Waals surface area contributed by atoms with Gasteiger partial charge in [0.2, 0.25) is 0 Å². The SMILES string of the molecule is CCNC(=NCCOc1cccnc1)NC1CC(C)(OC)C1(C)C. The second-order valence-electron chi connectivity index (χ2n) is 6.86. The van der Waals surface area contributed by atoms with Crippen molar-refractivity contribution in [3.8, 4) is 5.75 Å². The van der Waals surface area contributed by atoms with E-state index in [-0.39, 0.29) is 11.0 Å². The zero-order valence-corrected chi connectivity index (χ0v) is 15.4. The van der Waals surface area contributed by atoms with Crippen molar-refractivity contribution in [1.82, 2.24) is 15.6 Å². The zero-order valence-electron chi connectivity index (χ0n) is 15.4. The summed E-state index contributed by atoms with van der Waals surface area (Å²) in [5.74, 6) is 1.59. The summed E-state index contributed by atoms with van der Waals surface area (Å²) in [6, 6.07) is 4.08. The van der Waals surface area contributed by atoms with Crippen LogP contribution in [0.25, 0.3) is 0 Å². The number of aliphatic imine (C=N–C) groups is 1. The molecule has 1 aliphatic rings. The van der Waals surface area contributed by atoms with E-state index >= 15 is 0 Å². The Morgan fingerprint density at radius 3 is 2.79 bits per heavy atom. The van der Waals surface area contributed by atoms with Gasteiger partial charge in [0.15, 0.2) is 5.96 Å². The van der Waals surface area contributed by atoms with Gasteiger partial charge in [-0.1, -0.05) is 13.8 Å². The first-order valence-corrected chi connectivity index (χ1v) is 8.56. The van der Waals surface area contributed by atoms with E-state index in [0.717, 1.165) is 24.7 Å². The molecule has 0 bridgehead atoms. The quantitative estimate of drug-likeness (QED) is 0.455. The number of ether oxygens (including phenoxy) is 2. The second kappa shape index (κ2) is 7.83. The van der Waals surface area contributed by atoms with Crippen LogP contribution in [0.3, 0.4) is 0 Å². The molecular weight excluding hydrogens is 304 g/mol. The third kappa shape index (κ3) is 3.98. The van der Waals surface area contributed by atoms with Gasteiger partial charge in [-0.25, -0.2) is 4.99 Å². The number of hydrogen-bond donors (Lipinski definition) is 2. The Morgan fingerprint density at radius 2 is 2.21 bits per heavy atom. The predicted octanol–water partition coefficient (Wildman–Crippen LogP) is 2.22. The Balaban J connectivity index is 1.85. The summed E-state index contributed by atoms with van der Waals surface area (Å²) in [5, 5.41) is 6.82. The average Bonchev–Trinajstić information content (AvgIpc) is 2.58. The molecule has 0 aliphatic heterocycles. The first-order valence-electron chi connectivity index (χ1n) is 8.56. The van der Waals surface area contributed by atoms with E-state index in [2.05, 4.69) is 48.3 Å². The summed E-state index contributed by atoms with van der Waals surface area (Å²) in [6.07, 6.45) is 4.40. The Hall–Kier alpha value is -1.82. The molecule has 0 amide bonds. The van der Waals surface area contributed by atoms with Gasteiger partial charge in [0.25, 0.3) is 0 Å². The van der Waals surface area contributed by atoms with Gasteiger partial charge >= 0.3 is 0 Å². The lowest BCUT2D eigenvalue weighted by Crippen LogP contribution is -2.69. The molecule has 1 aliphatic carbocycles. The molecule has 1 fully saturated rings. The molecule has 1 aromatic rings. The number of hydrogen-bond acceptors (Lipinski definition) is 4. The third-order valence-corrected chi connectivity index (χ3v) is 5.20. The molecule has 6 nitrogen and oxygen atoms in total. The van der Waals surface area contributed by atoms with Crippen LogP contribution in [-0.4, -0.2) is 49.4 Å². The van der Waals surface area contributed by atoms with Crippen LogP contribution in [0.4, 0.5) is 0 Å². The summed E-state index contributed by atoms with van der Waals surface area (Å²) in [5.41, 5.74) is -0.0461. The van der Waals surface area contributed by atoms with E-state index < -0.39 is 0 Å². The maximum Gasteiger partial charge on any atom is 0.191 e. The first-order chi connectivity index (χ1) is 11.4. The molecule has 0 radical (unpaired) electrons. The number of nitrogens with one attached hydrogen (secondary N) is 2. The van der Waals surface area contributed by atoms with Crippen LogP contribution >= 0.6 is 0 Å². The smallest absolute Gasteiger partial charge is 0.191 e. The van der Waals surface area contributed by atoms with Gasteiger partial charge in [-0.2, -0.15) is 0 Å². The van der Waals surface area contributed by atoms with Gasteiger partial charge in [-0.05, 0) is 32.4 Å². The van der Waals surface area contributed by atoms with Gasteiger partial charge in [-0.3, -0.25) is 4.98 Å². The number of guanidine groups is 1. The zero-order chi connectivity index (χ0) is 17.6. The van der Waals surface area contributed by atoms with Crippen molar-refractivity contribution >= 4 is 5.96 Å². The van der Waals surface area contributed by atoms with Gasteiger partial charge in [-0.15, -0.1) is 0 Å². The molecule has 24 heavy (non-hydrogen) atoms. The molecule has 2 rings (SSSR count). The van der Waals surface area contributed by atoms with Crippen molar-refractivity contribution in [1.29, 1.82) is 0 Å². The third-order valence-electron chi connectivity index (χ3n) is 5.20. The highest BCUT2D eigenvalue weighted by Crippen LogP contribution is 2.51. The van der Waals surface area contributed by atoms with Crippen molar-refractivity contribution in [3.63, 3.8) is 0 Å². The summed E-state index contributed by atoms with van der Waals surface area (Å²) >= 11 is 0. The van der Waals surface area contributed by atoms with Gasteiger partial charge < -0.3 is 20.1 Å². The van der Waals surface area contributed by atoms with E-state index in [4.69, 9.17) is 9.47 Å². The molecule has 0 saturated heterocycles. The molecule has 1 aromatic heterocycles. The minimum absolute atomic E-state index is 0.0458. The van der Waals surface area contributed by atoms with Crippen molar-refractivity contribution in [3.05, 3.63) is 24.5 Å². The van der Waals surface area contributed by atoms with E-state index in [9.17, 15) is 0 Å². The number of aromatic nitrogens is 1. The Bertz CT molecular complexity index is 547. The predicted molar refractivity (Wildman–Crippen MR) is 96.4 cm³/mol. The molecule has 2 N–H and O–H groups in total. The molecule has 6 heteroatoms. The minimum Gasteiger partial charge on any atom is -0.490 e. The summed E-state index contributed by atoms with van der Waals surface area (Å²) in [7, 11) is 1.78. The molecular formula is C18H30N4O2. The molecule has 0 spiro atoms. The van der Waals surface area contributed by atoms with Crippen LogP contribution in [0.5, 0.6) is 5.75 Å². The number of rotatable bonds is 7. The summed E-state index contributed by atoms with van der Waals surface area (Å²) < 4.78 is 11.3. The van der Waals surface area contributed by atoms with Crippen LogP contribution in [0.15, 0.2) is 29.5 Å². The number of pyridine rings is 1. The lowest BCUT2D eigenvalue weighted by atomic mass is 9.56. The van der Waals surface area contributed by atoms with Crippen molar-refractivity contribution in [2.75, 3.05) is 26.8 Å². The molecule has 134 valence electrons. The maximum absolute atomic E-state index is 5.68. The lowest BCUT2D eigenvalue weighted by molar-refractivity contribution is -0.176.